The summed E-state index contributed by atoms with van der Waals surface area (Å²) in [6.45, 7) is 13.1. The molecular formula is C22H27N3O4. The first-order valence-corrected chi connectivity index (χ1v) is 9.42. The van der Waals surface area contributed by atoms with Crippen molar-refractivity contribution in [3.05, 3.63) is 71.7 Å². The van der Waals surface area contributed by atoms with Crippen LogP contribution in [0.5, 0.6) is 0 Å². The van der Waals surface area contributed by atoms with Gasteiger partial charge in [-0.3, -0.25) is 20.2 Å². The zero-order valence-electron chi connectivity index (χ0n) is 17.0. The van der Waals surface area contributed by atoms with Crippen molar-refractivity contribution >= 4 is 17.7 Å². The lowest BCUT2D eigenvalue weighted by Crippen LogP contribution is -2.54. The summed E-state index contributed by atoms with van der Waals surface area (Å²) in [4.78, 5) is 29.0. The molecule has 0 spiro atoms. The van der Waals surface area contributed by atoms with Crippen LogP contribution >= 0.6 is 0 Å². The quantitative estimate of drug-likeness (QED) is 0.462. The Labute approximate surface area is 170 Å². The van der Waals surface area contributed by atoms with Gasteiger partial charge in [0.15, 0.2) is 0 Å². The molecule has 1 heterocycles. The van der Waals surface area contributed by atoms with Crippen molar-refractivity contribution in [3.63, 3.8) is 0 Å². The first-order chi connectivity index (χ1) is 13.7. The van der Waals surface area contributed by atoms with Crippen LogP contribution in [0.3, 0.4) is 0 Å². The van der Waals surface area contributed by atoms with E-state index in [0.29, 0.717) is 17.7 Å². The van der Waals surface area contributed by atoms with Crippen LogP contribution in [0.2, 0.25) is 0 Å². The van der Waals surface area contributed by atoms with E-state index in [4.69, 9.17) is 4.74 Å². The molecule has 1 aromatic rings. The Morgan fingerprint density at radius 2 is 1.86 bits per heavy atom. The van der Waals surface area contributed by atoms with E-state index in [2.05, 4.69) is 28.8 Å². The van der Waals surface area contributed by atoms with Gasteiger partial charge in [-0.1, -0.05) is 56.8 Å². The van der Waals surface area contributed by atoms with E-state index < -0.39 is 23.4 Å². The van der Waals surface area contributed by atoms with Crippen molar-refractivity contribution < 1.29 is 19.4 Å². The Hall–Kier alpha value is -3.19. The molecule has 2 rings (SSSR count). The number of imide groups is 1. The summed E-state index contributed by atoms with van der Waals surface area (Å²) in [5, 5.41) is 16.2. The van der Waals surface area contributed by atoms with Crippen molar-refractivity contribution in [1.29, 1.82) is 0 Å². The Morgan fingerprint density at radius 3 is 2.41 bits per heavy atom. The Bertz CT molecular complexity index is 887. The molecule has 3 N–H and O–H groups in total. The number of aliphatic hydroxyl groups is 1. The summed E-state index contributed by atoms with van der Waals surface area (Å²) in [5.74, 6) is -1.93. The topological polar surface area (TPSA) is 100 Å². The van der Waals surface area contributed by atoms with E-state index in [1.54, 1.807) is 31.2 Å². The number of nitrogens with zero attached hydrogens (tertiary/aromatic N) is 1. The highest BCUT2D eigenvalue weighted by Gasteiger charge is 2.48. The first kappa shape index (κ1) is 22.1. The van der Waals surface area contributed by atoms with Gasteiger partial charge in [-0.2, -0.15) is 4.99 Å². The second kappa shape index (κ2) is 9.34. The number of carbonyl (C=O) groups is 2. The molecule has 1 aliphatic rings. The molecule has 1 unspecified atom stereocenters. The number of hydrogen-bond acceptors (Lipinski definition) is 6. The lowest BCUT2D eigenvalue weighted by Gasteiger charge is -2.39. The fourth-order valence-electron chi connectivity index (χ4n) is 2.79. The molecule has 1 aliphatic heterocycles. The predicted octanol–water partition coefficient (Wildman–Crippen LogP) is 3.22. The number of amides is 2. The molecule has 0 aliphatic carbocycles. The molecular weight excluding hydrogens is 370 g/mol. The Balaban J connectivity index is 2.66. The predicted molar refractivity (Wildman–Crippen MR) is 112 cm³/mol. The van der Waals surface area contributed by atoms with E-state index in [1.165, 1.54) is 6.92 Å². The summed E-state index contributed by atoms with van der Waals surface area (Å²) in [6.07, 6.45) is 1.71. The maximum absolute atomic E-state index is 13.0. The van der Waals surface area contributed by atoms with E-state index in [-0.39, 0.29) is 17.0 Å². The third kappa shape index (κ3) is 4.81. The van der Waals surface area contributed by atoms with Gasteiger partial charge in [0.25, 0.3) is 11.8 Å². The number of benzene rings is 1. The highest BCUT2D eigenvalue weighted by Crippen LogP contribution is 2.37. The number of nitrogens with one attached hydrogen (secondary N) is 2. The normalized spacial score (nSPS) is 18.5. The maximum Gasteiger partial charge on any atom is 0.265 e. The zero-order valence-corrected chi connectivity index (χ0v) is 17.0. The number of aliphatic hydroxyl groups excluding tert-OH is 1. The molecule has 0 fully saturated rings. The molecule has 1 atom stereocenters. The van der Waals surface area contributed by atoms with E-state index in [9.17, 15) is 14.7 Å². The molecule has 29 heavy (non-hydrogen) atoms. The monoisotopic (exact) mass is 397 g/mol. The minimum atomic E-state index is -1.55. The van der Waals surface area contributed by atoms with Gasteiger partial charge in [-0.25, -0.2) is 0 Å². The third-order valence-corrected chi connectivity index (χ3v) is 4.32. The van der Waals surface area contributed by atoms with Crippen molar-refractivity contribution in [2.45, 2.75) is 39.3 Å². The summed E-state index contributed by atoms with van der Waals surface area (Å²) in [6, 6.07) is 8.94. The van der Waals surface area contributed by atoms with Gasteiger partial charge in [0, 0.05) is 16.7 Å². The third-order valence-electron chi connectivity index (χ3n) is 4.32. The van der Waals surface area contributed by atoms with Crippen LogP contribution in [0.25, 0.3) is 0 Å². The molecule has 1 aromatic carbocycles. The van der Waals surface area contributed by atoms with Gasteiger partial charge in [-0.05, 0) is 26.8 Å². The van der Waals surface area contributed by atoms with Crippen molar-refractivity contribution in [2.24, 2.45) is 4.99 Å². The summed E-state index contributed by atoms with van der Waals surface area (Å²) in [7, 11) is 0. The van der Waals surface area contributed by atoms with Gasteiger partial charge < -0.3 is 9.84 Å². The second-order valence-electron chi connectivity index (χ2n) is 6.89. The highest BCUT2D eigenvalue weighted by molar-refractivity contribution is 6.11. The van der Waals surface area contributed by atoms with Crippen LogP contribution in [-0.4, -0.2) is 29.4 Å². The second-order valence-corrected chi connectivity index (χ2v) is 6.89. The van der Waals surface area contributed by atoms with Gasteiger partial charge in [0.1, 0.15) is 5.57 Å². The number of unbranched alkanes of at least 4 members (excludes halogenated alkanes) is 1. The SMILES string of the molecule is C=C(C)C(=O)NC(=O)C1=C(O)N=C(C(=C)C)OC1(NCCCC)c1ccccc1. The standard InChI is InChI=1S/C22H27N3O4/c1-6-7-13-23-22(16-11-9-8-10-12-16)17(19(27)24-18(26)14(2)3)20(28)25-21(29-22)15(4)5/h8-12,23,28H,2,4,6-7,13H2,1,3,5H3,(H,24,26,27). The van der Waals surface area contributed by atoms with Crippen molar-refractivity contribution in [3.8, 4) is 0 Å². The number of aliphatic imine (C=N–C) groups is 1. The number of ether oxygens (including phenoxy) is 1. The minimum Gasteiger partial charge on any atom is -0.493 e. The lowest BCUT2D eigenvalue weighted by molar-refractivity contribution is -0.128. The Morgan fingerprint density at radius 1 is 1.21 bits per heavy atom. The summed E-state index contributed by atoms with van der Waals surface area (Å²) >= 11 is 0. The van der Waals surface area contributed by atoms with Crippen LogP contribution < -0.4 is 10.6 Å². The first-order valence-electron chi connectivity index (χ1n) is 9.42. The molecule has 0 aromatic heterocycles. The Kier molecular flexibility index (Phi) is 7.12. The van der Waals surface area contributed by atoms with E-state index in [0.717, 1.165) is 12.8 Å². The van der Waals surface area contributed by atoms with Crippen molar-refractivity contribution in [1.82, 2.24) is 10.6 Å². The average Bonchev–Trinajstić information content (AvgIpc) is 2.68. The van der Waals surface area contributed by atoms with Gasteiger partial charge in [0.2, 0.25) is 17.5 Å². The fourth-order valence-corrected chi connectivity index (χ4v) is 2.79. The number of carbonyl (C=O) groups excluding carboxylic acids is 2. The van der Waals surface area contributed by atoms with Gasteiger partial charge >= 0.3 is 0 Å². The van der Waals surface area contributed by atoms with Crippen LogP contribution in [0.4, 0.5) is 0 Å². The van der Waals surface area contributed by atoms with Crippen LogP contribution in [0.15, 0.2) is 71.1 Å². The largest absolute Gasteiger partial charge is 0.493 e. The van der Waals surface area contributed by atoms with Gasteiger partial charge in [-0.15, -0.1) is 0 Å². The van der Waals surface area contributed by atoms with Crippen molar-refractivity contribution in [2.75, 3.05) is 6.54 Å². The highest BCUT2D eigenvalue weighted by atomic mass is 16.5. The molecule has 154 valence electrons. The lowest BCUT2D eigenvalue weighted by atomic mass is 9.91. The molecule has 0 saturated heterocycles. The van der Waals surface area contributed by atoms with Gasteiger partial charge in [0.05, 0.1) is 0 Å². The molecule has 0 radical (unpaired) electrons. The molecule has 7 heteroatoms. The molecule has 2 amide bonds. The number of rotatable bonds is 8. The fraction of sp³-hybridized carbons (Fsp3) is 0.318. The smallest absolute Gasteiger partial charge is 0.265 e. The summed E-state index contributed by atoms with van der Waals surface area (Å²) < 4.78 is 6.14. The van der Waals surface area contributed by atoms with Crippen LogP contribution in [0.1, 0.15) is 39.2 Å². The van der Waals surface area contributed by atoms with Crippen LogP contribution in [-0.2, 0) is 20.1 Å². The number of hydrogen-bond donors (Lipinski definition) is 3. The average molecular weight is 397 g/mol. The summed E-state index contributed by atoms with van der Waals surface area (Å²) in [5.41, 5.74) is -0.545. The van der Waals surface area contributed by atoms with E-state index in [1.807, 2.05) is 13.0 Å². The zero-order chi connectivity index (χ0) is 21.6. The van der Waals surface area contributed by atoms with Crippen LogP contribution in [0, 0.1) is 0 Å². The molecule has 0 bridgehead atoms. The minimum absolute atomic E-state index is 0.0955. The molecule has 7 nitrogen and oxygen atoms in total. The maximum atomic E-state index is 13.0. The molecule has 0 saturated carbocycles. The van der Waals surface area contributed by atoms with E-state index >= 15 is 0 Å².